The number of carbonyl (C=O) groups is 2. The molecular weight excluding hydrogens is 342 g/mol. The molecule has 0 bridgehead atoms. The van der Waals surface area contributed by atoms with E-state index < -0.39 is 5.97 Å². The molecule has 2 rings (SSSR count). The van der Waals surface area contributed by atoms with Crippen LogP contribution in [0.1, 0.15) is 0 Å². The molecule has 0 aliphatic rings. The van der Waals surface area contributed by atoms with Gasteiger partial charge in [0, 0.05) is 22.9 Å². The quantitative estimate of drug-likeness (QED) is 0.677. The second-order valence-corrected chi connectivity index (χ2v) is 5.99. The first-order valence-electron chi connectivity index (χ1n) is 6.64. The van der Waals surface area contributed by atoms with Gasteiger partial charge in [-0.2, -0.15) is 4.80 Å². The molecule has 0 atom stereocenters. The zero-order valence-corrected chi connectivity index (χ0v) is 13.5. The molecule has 1 aromatic carbocycles. The number of aromatic nitrogens is 4. The molecule has 0 aliphatic heterocycles. The van der Waals surface area contributed by atoms with Crippen molar-refractivity contribution < 1.29 is 14.7 Å². The topological polar surface area (TPSA) is 110 Å². The summed E-state index contributed by atoms with van der Waals surface area (Å²) in [4.78, 5) is 23.2. The number of hydrogen-bond acceptors (Lipinski definition) is 6. The summed E-state index contributed by atoms with van der Waals surface area (Å²) in [5.41, 5.74) is 0.756. The van der Waals surface area contributed by atoms with E-state index in [0.29, 0.717) is 23.1 Å². The fourth-order valence-electron chi connectivity index (χ4n) is 1.63. The van der Waals surface area contributed by atoms with Crippen LogP contribution >= 0.6 is 23.4 Å². The number of nitrogens with zero attached hydrogens (tertiary/aromatic N) is 4. The van der Waals surface area contributed by atoms with Crippen molar-refractivity contribution >= 4 is 35.2 Å². The van der Waals surface area contributed by atoms with Crippen LogP contribution in [-0.2, 0) is 16.1 Å². The molecule has 8 nitrogen and oxygen atoms in total. The van der Waals surface area contributed by atoms with Crippen LogP contribution in [0.4, 0.5) is 0 Å². The van der Waals surface area contributed by atoms with Crippen LogP contribution in [0, 0.1) is 0 Å². The Morgan fingerprint density at radius 1 is 1.30 bits per heavy atom. The Morgan fingerprint density at radius 3 is 2.74 bits per heavy atom. The molecule has 10 heteroatoms. The number of benzene rings is 1. The highest BCUT2D eigenvalue weighted by atomic mass is 35.5. The van der Waals surface area contributed by atoms with E-state index in [0.717, 1.165) is 5.56 Å². The van der Waals surface area contributed by atoms with E-state index in [-0.39, 0.29) is 18.2 Å². The fourth-order valence-corrected chi connectivity index (χ4v) is 2.32. The summed E-state index contributed by atoms with van der Waals surface area (Å²) in [6.07, 6.45) is 0. The normalized spacial score (nSPS) is 10.5. The van der Waals surface area contributed by atoms with Crippen LogP contribution in [-0.4, -0.2) is 55.2 Å². The van der Waals surface area contributed by atoms with E-state index in [1.54, 1.807) is 24.3 Å². The lowest BCUT2D eigenvalue weighted by Crippen LogP contribution is -2.30. The first-order valence-corrected chi connectivity index (χ1v) is 8.18. The highest BCUT2D eigenvalue weighted by molar-refractivity contribution is 7.99. The van der Waals surface area contributed by atoms with Crippen molar-refractivity contribution in [1.29, 1.82) is 0 Å². The van der Waals surface area contributed by atoms with Crippen molar-refractivity contribution in [1.82, 2.24) is 25.5 Å². The average molecular weight is 356 g/mol. The Hall–Kier alpha value is -2.13. The van der Waals surface area contributed by atoms with Gasteiger partial charge in [-0.15, -0.1) is 22.0 Å². The largest absolute Gasteiger partial charge is 0.481 e. The molecular formula is C13H14ClN5O3S. The molecule has 2 aromatic rings. The number of tetrazole rings is 1. The molecule has 0 saturated heterocycles. The third kappa shape index (κ3) is 5.87. The number of carbonyl (C=O) groups excluding carboxylic acids is 1. The van der Waals surface area contributed by atoms with Gasteiger partial charge in [0.05, 0.1) is 5.75 Å². The predicted molar refractivity (Wildman–Crippen MR) is 86.2 cm³/mol. The molecule has 122 valence electrons. The van der Waals surface area contributed by atoms with E-state index in [1.165, 1.54) is 16.6 Å². The predicted octanol–water partition coefficient (Wildman–Crippen LogP) is 0.927. The summed E-state index contributed by atoms with van der Waals surface area (Å²) in [5.74, 6) is -0.181. The minimum Gasteiger partial charge on any atom is -0.481 e. The number of aliphatic carboxylic acids is 1. The molecule has 0 fully saturated rings. The maximum Gasteiger partial charge on any atom is 0.313 e. The van der Waals surface area contributed by atoms with Crippen LogP contribution in [0.15, 0.2) is 24.3 Å². The van der Waals surface area contributed by atoms with Crippen molar-refractivity contribution in [2.24, 2.45) is 0 Å². The zero-order valence-electron chi connectivity index (χ0n) is 12.0. The summed E-state index contributed by atoms with van der Waals surface area (Å²) in [7, 11) is 0. The number of thioether (sulfide) groups is 1. The lowest BCUT2D eigenvalue weighted by Gasteiger charge is -2.03. The Balaban J connectivity index is 1.78. The van der Waals surface area contributed by atoms with E-state index >= 15 is 0 Å². The maximum absolute atomic E-state index is 11.7. The molecule has 23 heavy (non-hydrogen) atoms. The number of carboxylic acid groups (broad SMARTS) is 1. The second-order valence-electron chi connectivity index (χ2n) is 4.45. The van der Waals surface area contributed by atoms with Crippen molar-refractivity contribution in [2.75, 3.05) is 18.1 Å². The monoisotopic (exact) mass is 355 g/mol. The fraction of sp³-hybridized carbons (Fsp3) is 0.308. The molecule has 0 aliphatic carbocycles. The lowest BCUT2D eigenvalue weighted by molar-refractivity contribution is -0.133. The van der Waals surface area contributed by atoms with Gasteiger partial charge in [-0.05, 0) is 29.5 Å². The van der Waals surface area contributed by atoms with Gasteiger partial charge in [-0.3, -0.25) is 9.59 Å². The highest BCUT2D eigenvalue weighted by Crippen LogP contribution is 2.16. The number of carboxylic acids is 1. The molecule has 2 N–H and O–H groups in total. The number of nitrogens with one attached hydrogen (secondary N) is 1. The number of rotatable bonds is 8. The van der Waals surface area contributed by atoms with Gasteiger partial charge in [0.1, 0.15) is 6.54 Å². The van der Waals surface area contributed by atoms with Gasteiger partial charge < -0.3 is 10.4 Å². The summed E-state index contributed by atoms with van der Waals surface area (Å²) in [5, 5.41) is 23.6. The Kier molecular flexibility index (Phi) is 6.36. The van der Waals surface area contributed by atoms with Crippen LogP contribution in [0.3, 0.4) is 0 Å². The summed E-state index contributed by atoms with van der Waals surface area (Å²) >= 11 is 7.05. The molecule has 0 saturated carbocycles. The SMILES string of the molecule is O=C(O)CSCCNC(=O)Cn1nnc(-c2ccc(Cl)cc2)n1. The molecule has 0 radical (unpaired) electrons. The van der Waals surface area contributed by atoms with Gasteiger partial charge >= 0.3 is 5.97 Å². The smallest absolute Gasteiger partial charge is 0.313 e. The van der Waals surface area contributed by atoms with E-state index in [4.69, 9.17) is 16.7 Å². The van der Waals surface area contributed by atoms with Crippen molar-refractivity contribution in [3.8, 4) is 11.4 Å². The van der Waals surface area contributed by atoms with Gasteiger partial charge in [0.25, 0.3) is 0 Å². The third-order valence-electron chi connectivity index (χ3n) is 2.63. The van der Waals surface area contributed by atoms with Gasteiger partial charge in [-0.1, -0.05) is 11.6 Å². The van der Waals surface area contributed by atoms with Crippen LogP contribution in [0.25, 0.3) is 11.4 Å². The molecule has 0 spiro atoms. The zero-order chi connectivity index (χ0) is 16.7. The summed E-state index contributed by atoms with van der Waals surface area (Å²) in [6, 6.07) is 6.98. The first-order chi connectivity index (χ1) is 11.0. The third-order valence-corrected chi connectivity index (χ3v) is 3.83. The van der Waals surface area contributed by atoms with Crippen LogP contribution < -0.4 is 5.32 Å². The van der Waals surface area contributed by atoms with Crippen LogP contribution in [0.5, 0.6) is 0 Å². The first kappa shape index (κ1) is 17.2. The van der Waals surface area contributed by atoms with Gasteiger partial charge in [0.15, 0.2) is 0 Å². The molecule has 1 amide bonds. The number of amides is 1. The number of halogens is 1. The minimum absolute atomic E-state index is 0.0188. The summed E-state index contributed by atoms with van der Waals surface area (Å²) < 4.78 is 0. The molecule has 1 heterocycles. The minimum atomic E-state index is -0.872. The summed E-state index contributed by atoms with van der Waals surface area (Å²) in [6.45, 7) is 0.333. The Bertz CT molecular complexity index is 677. The Morgan fingerprint density at radius 2 is 2.04 bits per heavy atom. The van der Waals surface area contributed by atoms with Crippen molar-refractivity contribution in [3.05, 3.63) is 29.3 Å². The van der Waals surface area contributed by atoms with E-state index in [1.807, 2.05) is 0 Å². The van der Waals surface area contributed by atoms with E-state index in [9.17, 15) is 9.59 Å². The maximum atomic E-state index is 11.7. The second kappa shape index (κ2) is 8.49. The van der Waals surface area contributed by atoms with Crippen LogP contribution in [0.2, 0.25) is 5.02 Å². The number of hydrogen-bond donors (Lipinski definition) is 2. The van der Waals surface area contributed by atoms with Gasteiger partial charge in [-0.25, -0.2) is 0 Å². The highest BCUT2D eigenvalue weighted by Gasteiger charge is 2.09. The standard InChI is InChI=1S/C13H14ClN5O3S/c14-10-3-1-9(2-4-10)13-16-18-19(17-13)7-11(20)15-5-6-23-8-12(21)22/h1-4H,5-8H2,(H,15,20)(H,21,22). The Labute approximate surface area is 141 Å². The van der Waals surface area contributed by atoms with Crippen molar-refractivity contribution in [3.63, 3.8) is 0 Å². The molecule has 1 aromatic heterocycles. The lowest BCUT2D eigenvalue weighted by atomic mass is 10.2. The average Bonchev–Trinajstić information content (AvgIpc) is 2.95. The van der Waals surface area contributed by atoms with Crippen molar-refractivity contribution in [2.45, 2.75) is 6.54 Å². The van der Waals surface area contributed by atoms with E-state index in [2.05, 4.69) is 20.7 Å². The van der Waals surface area contributed by atoms with Gasteiger partial charge in [0.2, 0.25) is 11.7 Å². The molecule has 0 unspecified atom stereocenters.